The summed E-state index contributed by atoms with van der Waals surface area (Å²) in [7, 11) is 0. The number of aromatic nitrogens is 2. The Labute approximate surface area is 52.4 Å². The maximum absolute atomic E-state index is 8.26. The quantitative estimate of drug-likeness (QED) is 0.583. The van der Waals surface area contributed by atoms with Gasteiger partial charge in [0.15, 0.2) is 0 Å². The Morgan fingerprint density at radius 3 is 2.43 bits per heavy atom. The molecule has 0 aromatic carbocycles. The minimum atomic E-state index is 0.700. The molecule has 7 heavy (non-hydrogen) atoms. The maximum atomic E-state index is 8.26. The van der Waals surface area contributed by atoms with Gasteiger partial charge in [-0.25, -0.2) is 4.98 Å². The summed E-state index contributed by atoms with van der Waals surface area (Å²) in [6, 6.07) is 0. The summed E-state index contributed by atoms with van der Waals surface area (Å²) in [5.41, 5.74) is 0. The van der Waals surface area contributed by atoms with Crippen molar-refractivity contribution in [1.82, 2.24) is 9.97 Å². The summed E-state index contributed by atoms with van der Waals surface area (Å²) >= 11 is 0.700. The molecule has 4 heteroatoms. The Hall–Kier alpha value is -0.302. The van der Waals surface area contributed by atoms with Crippen LogP contribution in [0.2, 0.25) is 0 Å². The van der Waals surface area contributed by atoms with E-state index in [1.54, 1.807) is 18.7 Å². The predicted octanol–water partition coefficient (Wildman–Crippen LogP) is 0.288. The fourth-order valence-corrected chi connectivity index (χ4v) is 0.215. The number of hydrogen-bond acceptors (Lipinski definition) is 2. The van der Waals surface area contributed by atoms with Crippen molar-refractivity contribution in [2.45, 2.75) is 0 Å². The molecule has 0 aliphatic carbocycles. The number of nitrogens with one attached hydrogen (secondary N) is 1. The fraction of sp³-hybridized carbons (Fsp3) is 0. The van der Waals surface area contributed by atoms with Gasteiger partial charge in [-0.2, -0.15) is 0 Å². The van der Waals surface area contributed by atoms with E-state index in [1.165, 1.54) is 0 Å². The molecule has 0 saturated heterocycles. The largest absolute Gasteiger partial charge is 0.351 e. The fourth-order valence-electron chi connectivity index (χ4n) is 0.215. The number of H-pyrrole nitrogens is 1. The second-order valence-electron chi connectivity index (χ2n) is 0.761. The second-order valence-corrected chi connectivity index (χ2v) is 0.761. The molecule has 1 rings (SSSR count). The van der Waals surface area contributed by atoms with Crippen molar-refractivity contribution in [3.63, 3.8) is 0 Å². The Morgan fingerprint density at radius 2 is 2.29 bits per heavy atom. The molecule has 1 heterocycles. The van der Waals surface area contributed by atoms with Crippen LogP contribution in [0.15, 0.2) is 18.7 Å². The molecule has 0 saturated carbocycles. The minimum Gasteiger partial charge on any atom is -0.351 e. The van der Waals surface area contributed by atoms with Crippen LogP contribution in [0.3, 0.4) is 0 Å². The van der Waals surface area contributed by atoms with Crippen LogP contribution in [0.25, 0.3) is 0 Å². The van der Waals surface area contributed by atoms with Crippen molar-refractivity contribution in [2.24, 2.45) is 0 Å². The molecular formula is C3H4MoN2O. The predicted molar refractivity (Wildman–Crippen MR) is 19.3 cm³/mol. The topological polar surface area (TPSA) is 45.8 Å². The van der Waals surface area contributed by atoms with Crippen LogP contribution in [-0.2, 0) is 23.2 Å². The molecule has 0 unspecified atom stereocenters. The van der Waals surface area contributed by atoms with E-state index in [-0.39, 0.29) is 0 Å². The zero-order valence-electron chi connectivity index (χ0n) is 3.50. The second kappa shape index (κ2) is 5.70. The summed E-state index contributed by atoms with van der Waals surface area (Å²) < 4.78 is 8.26. The third-order valence-electron chi connectivity index (χ3n) is 0.406. The molecule has 1 N–H and O–H groups in total. The Morgan fingerprint density at radius 1 is 1.57 bits per heavy atom. The molecule has 3 nitrogen and oxygen atoms in total. The van der Waals surface area contributed by atoms with Crippen molar-refractivity contribution >= 4 is 0 Å². The molecule has 0 spiro atoms. The molecule has 1 aromatic heterocycles. The van der Waals surface area contributed by atoms with Gasteiger partial charge in [-0.05, 0) is 0 Å². The third-order valence-corrected chi connectivity index (χ3v) is 0.406. The maximum Gasteiger partial charge on any atom is 0.0919 e. The molecule has 0 fully saturated rings. The van der Waals surface area contributed by atoms with E-state index in [2.05, 4.69) is 9.97 Å². The van der Waals surface area contributed by atoms with Gasteiger partial charge >= 0.3 is 23.2 Å². The smallest absolute Gasteiger partial charge is 0.0919 e. The van der Waals surface area contributed by atoms with Gasteiger partial charge in [0.1, 0.15) is 0 Å². The van der Waals surface area contributed by atoms with Gasteiger partial charge < -0.3 is 4.98 Å². The molecule has 0 amide bonds. The van der Waals surface area contributed by atoms with Gasteiger partial charge in [-0.15, -0.1) is 0 Å². The van der Waals surface area contributed by atoms with Crippen molar-refractivity contribution in [1.29, 1.82) is 0 Å². The van der Waals surface area contributed by atoms with Crippen molar-refractivity contribution in [3.05, 3.63) is 18.7 Å². The molecule has 0 aliphatic heterocycles. The van der Waals surface area contributed by atoms with Gasteiger partial charge in [-0.1, -0.05) is 0 Å². The van der Waals surface area contributed by atoms with E-state index in [4.69, 9.17) is 3.40 Å². The van der Waals surface area contributed by atoms with Crippen LogP contribution in [0.4, 0.5) is 0 Å². The first-order valence-electron chi connectivity index (χ1n) is 1.59. The van der Waals surface area contributed by atoms with Gasteiger partial charge in [0.05, 0.1) is 6.33 Å². The first-order chi connectivity index (χ1) is 3.50. The molecule has 1 aromatic rings. The Kier molecular flexibility index (Phi) is 5.45. The van der Waals surface area contributed by atoms with Gasteiger partial charge in [0, 0.05) is 12.4 Å². The van der Waals surface area contributed by atoms with E-state index < -0.39 is 0 Å². The zero-order chi connectivity index (χ0) is 5.54. The van der Waals surface area contributed by atoms with E-state index in [0.717, 1.165) is 0 Å². The number of hydrogen-bond donors (Lipinski definition) is 1. The van der Waals surface area contributed by atoms with Crippen LogP contribution in [-0.4, -0.2) is 9.97 Å². The summed E-state index contributed by atoms with van der Waals surface area (Å²) in [5, 5.41) is 0. The summed E-state index contributed by atoms with van der Waals surface area (Å²) in [5.74, 6) is 0. The van der Waals surface area contributed by atoms with E-state index in [1.807, 2.05) is 0 Å². The van der Waals surface area contributed by atoms with Gasteiger partial charge in [-0.3, -0.25) is 0 Å². The first kappa shape index (κ1) is 6.70. The van der Waals surface area contributed by atoms with Crippen molar-refractivity contribution in [3.8, 4) is 0 Å². The standard InChI is InChI=1S/C3H4N2.Mo.O/c1-2-5-3-4-1;;/h1-3H,(H,4,5);;. The number of aromatic amines is 1. The van der Waals surface area contributed by atoms with Crippen LogP contribution in [0.5, 0.6) is 0 Å². The molecule has 38 valence electrons. The van der Waals surface area contributed by atoms with Gasteiger partial charge in [0.2, 0.25) is 0 Å². The monoisotopic (exact) mass is 182 g/mol. The van der Waals surface area contributed by atoms with E-state index in [0.29, 0.717) is 19.8 Å². The summed E-state index contributed by atoms with van der Waals surface area (Å²) in [6.07, 6.45) is 5.08. The molecule has 0 radical (unpaired) electrons. The average molecular weight is 180 g/mol. The number of imidazole rings is 1. The molecule has 0 bridgehead atoms. The van der Waals surface area contributed by atoms with Crippen LogP contribution >= 0.6 is 0 Å². The zero-order valence-corrected chi connectivity index (χ0v) is 5.50. The number of rotatable bonds is 0. The molecule has 0 aliphatic rings. The van der Waals surface area contributed by atoms with Gasteiger partial charge in [0.25, 0.3) is 0 Å². The summed E-state index contributed by atoms with van der Waals surface area (Å²) in [6.45, 7) is 0. The SMILES string of the molecule is [O]=[Mo].c1c[nH]cn1. The van der Waals surface area contributed by atoms with Crippen LogP contribution in [0.1, 0.15) is 0 Å². The molecular weight excluding hydrogens is 176 g/mol. The van der Waals surface area contributed by atoms with Crippen molar-refractivity contribution in [2.75, 3.05) is 0 Å². The first-order valence-corrected chi connectivity index (χ1v) is 2.41. The van der Waals surface area contributed by atoms with E-state index in [9.17, 15) is 0 Å². The Bertz CT molecular complexity index is 79.8. The normalized spacial score (nSPS) is 6.29. The third kappa shape index (κ3) is 3.53. The average Bonchev–Trinajstić information content (AvgIpc) is 2.23. The minimum absolute atomic E-state index is 0.700. The van der Waals surface area contributed by atoms with Crippen molar-refractivity contribution < 1.29 is 23.2 Å². The molecule has 0 atom stereocenters. The van der Waals surface area contributed by atoms with E-state index >= 15 is 0 Å². The summed E-state index contributed by atoms with van der Waals surface area (Å²) in [4.78, 5) is 6.42. The van der Waals surface area contributed by atoms with Crippen LogP contribution < -0.4 is 0 Å². The van der Waals surface area contributed by atoms with Crippen LogP contribution in [0, 0.1) is 0 Å². The Balaban J connectivity index is 0.000000162. The number of nitrogens with zero attached hydrogens (tertiary/aromatic N) is 1.